The van der Waals surface area contributed by atoms with Crippen LogP contribution in [-0.2, 0) is 11.2 Å². The number of carbonyl (C=O) groups is 2. The van der Waals surface area contributed by atoms with Crippen LogP contribution in [0.2, 0.25) is 0 Å². The number of amides is 3. The Labute approximate surface area is 104 Å². The second-order valence-electron chi connectivity index (χ2n) is 4.60. The molecule has 18 heavy (non-hydrogen) atoms. The van der Waals surface area contributed by atoms with Crippen molar-refractivity contribution in [2.45, 2.75) is 25.3 Å². The molecule has 0 saturated carbocycles. The third kappa shape index (κ3) is 2.14. The minimum Gasteiger partial charge on any atom is -0.508 e. The first-order valence-electron chi connectivity index (χ1n) is 5.62. The summed E-state index contributed by atoms with van der Waals surface area (Å²) in [6.07, 6.45) is 1.06. The van der Waals surface area contributed by atoms with Crippen LogP contribution < -0.4 is 11.2 Å². The van der Waals surface area contributed by atoms with Gasteiger partial charge < -0.3 is 10.4 Å². The van der Waals surface area contributed by atoms with Crippen LogP contribution >= 0.6 is 0 Å². The maximum atomic E-state index is 11.8. The second kappa shape index (κ2) is 4.30. The number of phenolic OH excluding ortho intramolecular Hbond substituents is 1. The van der Waals surface area contributed by atoms with Gasteiger partial charge in [-0.05, 0) is 37.5 Å². The lowest BCUT2D eigenvalue weighted by Crippen LogP contribution is -2.45. The van der Waals surface area contributed by atoms with Crippen molar-refractivity contribution in [3.63, 3.8) is 0 Å². The average molecular weight is 249 g/mol. The van der Waals surface area contributed by atoms with Crippen molar-refractivity contribution in [1.82, 2.24) is 10.3 Å². The van der Waals surface area contributed by atoms with Gasteiger partial charge in [0.2, 0.25) is 0 Å². The molecule has 1 atom stereocenters. The van der Waals surface area contributed by atoms with Crippen LogP contribution in [-0.4, -0.2) is 27.6 Å². The molecular formula is C12H15N3O3. The molecule has 1 heterocycles. The van der Waals surface area contributed by atoms with Crippen LogP contribution in [0.25, 0.3) is 0 Å². The fourth-order valence-electron chi connectivity index (χ4n) is 1.93. The first-order chi connectivity index (χ1) is 8.42. The molecule has 0 aliphatic carbocycles. The number of benzene rings is 1. The Morgan fingerprint density at radius 2 is 1.94 bits per heavy atom. The molecule has 4 N–H and O–H groups in total. The number of nitrogens with zero attached hydrogens (tertiary/aromatic N) is 1. The van der Waals surface area contributed by atoms with Gasteiger partial charge in [0.15, 0.2) is 0 Å². The zero-order chi connectivity index (χ0) is 13.3. The summed E-state index contributed by atoms with van der Waals surface area (Å²) in [4.78, 5) is 23.1. The third-order valence-corrected chi connectivity index (χ3v) is 3.14. The minimum absolute atomic E-state index is 0.198. The molecule has 0 spiro atoms. The number of nitrogens with two attached hydrogens (primary N) is 1. The number of hydrogen-bond donors (Lipinski definition) is 3. The van der Waals surface area contributed by atoms with Gasteiger partial charge in [0, 0.05) is 0 Å². The number of imide groups is 1. The Morgan fingerprint density at radius 3 is 2.44 bits per heavy atom. The summed E-state index contributed by atoms with van der Waals surface area (Å²) in [6.45, 7) is 1.65. The molecule has 1 aliphatic heterocycles. The first-order valence-corrected chi connectivity index (χ1v) is 5.62. The highest BCUT2D eigenvalue weighted by atomic mass is 16.3. The Hall–Kier alpha value is -2.08. The van der Waals surface area contributed by atoms with E-state index in [1.807, 2.05) is 0 Å². The van der Waals surface area contributed by atoms with Crippen molar-refractivity contribution in [1.29, 1.82) is 0 Å². The number of rotatable bonds is 3. The number of aromatic hydroxyl groups is 1. The molecule has 6 heteroatoms. The van der Waals surface area contributed by atoms with Gasteiger partial charge in [0.1, 0.15) is 11.3 Å². The molecule has 96 valence electrons. The van der Waals surface area contributed by atoms with Crippen molar-refractivity contribution >= 4 is 11.9 Å². The molecule has 0 aromatic heterocycles. The van der Waals surface area contributed by atoms with E-state index in [1.54, 1.807) is 31.2 Å². The molecule has 2 rings (SSSR count). The van der Waals surface area contributed by atoms with Crippen molar-refractivity contribution in [2.24, 2.45) is 5.84 Å². The molecule has 1 aromatic carbocycles. The van der Waals surface area contributed by atoms with Crippen LogP contribution in [0.5, 0.6) is 5.75 Å². The van der Waals surface area contributed by atoms with Crippen molar-refractivity contribution in [3.05, 3.63) is 29.8 Å². The highest BCUT2D eigenvalue weighted by Crippen LogP contribution is 2.22. The van der Waals surface area contributed by atoms with Gasteiger partial charge >= 0.3 is 6.03 Å². The smallest absolute Gasteiger partial charge is 0.339 e. The van der Waals surface area contributed by atoms with Gasteiger partial charge in [-0.1, -0.05) is 12.1 Å². The summed E-state index contributed by atoms with van der Waals surface area (Å²) in [7, 11) is 0. The zero-order valence-corrected chi connectivity index (χ0v) is 10.0. The summed E-state index contributed by atoms with van der Waals surface area (Å²) >= 11 is 0. The van der Waals surface area contributed by atoms with Gasteiger partial charge in [-0.15, -0.1) is 0 Å². The molecule has 1 aromatic rings. The highest BCUT2D eigenvalue weighted by Gasteiger charge is 2.46. The largest absolute Gasteiger partial charge is 0.508 e. The molecular weight excluding hydrogens is 234 g/mol. The van der Waals surface area contributed by atoms with E-state index in [2.05, 4.69) is 5.32 Å². The van der Waals surface area contributed by atoms with Gasteiger partial charge in [0.25, 0.3) is 5.91 Å². The zero-order valence-electron chi connectivity index (χ0n) is 10.0. The highest BCUT2D eigenvalue weighted by molar-refractivity contribution is 6.06. The predicted molar refractivity (Wildman–Crippen MR) is 64.4 cm³/mol. The monoisotopic (exact) mass is 249 g/mol. The van der Waals surface area contributed by atoms with Crippen LogP contribution in [0.1, 0.15) is 18.9 Å². The third-order valence-electron chi connectivity index (χ3n) is 3.14. The van der Waals surface area contributed by atoms with E-state index in [0.717, 1.165) is 5.56 Å². The standard InChI is InChI=1S/C12H15N3O3/c1-12(10(17)15(13)11(18)14-12)7-6-8-2-4-9(16)5-3-8/h2-5,16H,6-7,13H2,1H3,(H,14,18)/t12-/m1/s1. The van der Waals surface area contributed by atoms with E-state index < -0.39 is 17.5 Å². The van der Waals surface area contributed by atoms with Gasteiger partial charge in [0.05, 0.1) is 0 Å². The van der Waals surface area contributed by atoms with Crippen molar-refractivity contribution in [3.8, 4) is 5.75 Å². The number of hydrogen-bond acceptors (Lipinski definition) is 4. The summed E-state index contributed by atoms with van der Waals surface area (Å²) in [5.74, 6) is 5.10. The van der Waals surface area contributed by atoms with Crippen LogP contribution in [0.15, 0.2) is 24.3 Å². The van der Waals surface area contributed by atoms with E-state index in [0.29, 0.717) is 17.9 Å². The summed E-state index contributed by atoms with van der Waals surface area (Å²) < 4.78 is 0. The fraction of sp³-hybridized carbons (Fsp3) is 0.333. The lowest BCUT2D eigenvalue weighted by Gasteiger charge is -2.20. The Bertz CT molecular complexity index is 486. The Morgan fingerprint density at radius 1 is 1.33 bits per heavy atom. The topological polar surface area (TPSA) is 95.7 Å². The summed E-state index contributed by atoms with van der Waals surface area (Å²) in [5, 5.41) is 12.3. The number of aryl methyl sites for hydroxylation is 1. The maximum Gasteiger partial charge on any atom is 0.339 e. The average Bonchev–Trinajstić information content (AvgIpc) is 2.53. The lowest BCUT2D eigenvalue weighted by molar-refractivity contribution is -0.131. The second-order valence-corrected chi connectivity index (χ2v) is 4.60. The molecule has 1 aliphatic rings. The number of phenols is 1. The fourth-order valence-corrected chi connectivity index (χ4v) is 1.93. The van der Waals surface area contributed by atoms with Gasteiger partial charge in [-0.2, -0.15) is 5.01 Å². The molecule has 0 unspecified atom stereocenters. The van der Waals surface area contributed by atoms with E-state index in [9.17, 15) is 9.59 Å². The van der Waals surface area contributed by atoms with E-state index in [4.69, 9.17) is 10.9 Å². The molecule has 0 bridgehead atoms. The van der Waals surface area contributed by atoms with Crippen LogP contribution in [0.4, 0.5) is 4.79 Å². The lowest BCUT2D eigenvalue weighted by atomic mass is 9.93. The van der Waals surface area contributed by atoms with E-state index in [-0.39, 0.29) is 5.75 Å². The van der Waals surface area contributed by atoms with Crippen molar-refractivity contribution < 1.29 is 14.7 Å². The van der Waals surface area contributed by atoms with Crippen LogP contribution in [0.3, 0.4) is 0 Å². The number of carbonyl (C=O) groups excluding carboxylic acids is 2. The molecule has 1 fully saturated rings. The van der Waals surface area contributed by atoms with E-state index in [1.165, 1.54) is 0 Å². The van der Waals surface area contributed by atoms with E-state index >= 15 is 0 Å². The SMILES string of the molecule is C[C@]1(CCc2ccc(O)cc2)NC(=O)N(N)C1=O. The maximum absolute atomic E-state index is 11.8. The Balaban J connectivity index is 2.04. The number of urea groups is 1. The van der Waals surface area contributed by atoms with Crippen LogP contribution in [0, 0.1) is 0 Å². The molecule has 3 amide bonds. The van der Waals surface area contributed by atoms with Gasteiger partial charge in [-0.3, -0.25) is 4.79 Å². The normalized spacial score (nSPS) is 23.3. The number of nitrogens with one attached hydrogen (secondary N) is 1. The van der Waals surface area contributed by atoms with Gasteiger partial charge in [-0.25, -0.2) is 10.6 Å². The quantitative estimate of drug-likeness (QED) is 0.413. The summed E-state index contributed by atoms with van der Waals surface area (Å²) in [6, 6.07) is 6.15. The molecule has 6 nitrogen and oxygen atoms in total. The molecule has 1 saturated heterocycles. The number of hydrazine groups is 1. The minimum atomic E-state index is -0.955. The Kier molecular flexibility index (Phi) is 2.96. The summed E-state index contributed by atoms with van der Waals surface area (Å²) in [5.41, 5.74) is 0.0236. The first kappa shape index (κ1) is 12.4. The molecule has 0 radical (unpaired) electrons. The van der Waals surface area contributed by atoms with Crippen molar-refractivity contribution in [2.75, 3.05) is 0 Å². The predicted octanol–water partition coefficient (Wildman–Crippen LogP) is 0.509.